The second kappa shape index (κ2) is 7.00. The number of pyridine rings is 2. The lowest BCUT2D eigenvalue weighted by molar-refractivity contribution is 0.102. The van der Waals surface area contributed by atoms with Gasteiger partial charge in [-0.15, -0.1) is 0 Å². The van der Waals surface area contributed by atoms with Crippen molar-refractivity contribution >= 4 is 11.6 Å². The summed E-state index contributed by atoms with van der Waals surface area (Å²) < 4.78 is 5.79. The summed E-state index contributed by atoms with van der Waals surface area (Å²) in [7, 11) is 0. The zero-order valence-electron chi connectivity index (χ0n) is 13.9. The van der Waals surface area contributed by atoms with Gasteiger partial charge in [0, 0.05) is 30.3 Å². The number of aromatic nitrogens is 2. The van der Waals surface area contributed by atoms with Crippen molar-refractivity contribution in [2.75, 3.05) is 5.32 Å². The van der Waals surface area contributed by atoms with Crippen LogP contribution in [-0.4, -0.2) is 15.9 Å². The van der Waals surface area contributed by atoms with Crippen LogP contribution in [0.15, 0.2) is 59.8 Å². The van der Waals surface area contributed by atoms with E-state index < -0.39 is 0 Å². The fourth-order valence-electron chi connectivity index (χ4n) is 2.39. The van der Waals surface area contributed by atoms with Gasteiger partial charge in [-0.3, -0.25) is 14.6 Å². The fourth-order valence-corrected chi connectivity index (χ4v) is 2.39. The molecule has 0 bridgehead atoms. The summed E-state index contributed by atoms with van der Waals surface area (Å²) in [6.45, 7) is 3.62. The summed E-state index contributed by atoms with van der Waals surface area (Å²) in [5, 5.41) is 2.82. The van der Waals surface area contributed by atoms with E-state index in [-0.39, 0.29) is 11.5 Å². The first-order valence-electron chi connectivity index (χ1n) is 7.72. The van der Waals surface area contributed by atoms with Crippen molar-refractivity contribution < 1.29 is 9.53 Å². The van der Waals surface area contributed by atoms with Crippen molar-refractivity contribution in [2.45, 2.75) is 13.8 Å². The number of benzene rings is 1. The van der Waals surface area contributed by atoms with Crippen molar-refractivity contribution in [3.05, 3.63) is 82.0 Å². The molecule has 126 valence electrons. The molecule has 25 heavy (non-hydrogen) atoms. The van der Waals surface area contributed by atoms with E-state index in [1.165, 1.54) is 12.3 Å². The monoisotopic (exact) mass is 335 g/mol. The Hall–Kier alpha value is -3.41. The molecule has 0 fully saturated rings. The number of carbonyl (C=O) groups is 1. The lowest BCUT2D eigenvalue weighted by Crippen LogP contribution is -2.16. The largest absolute Gasteiger partial charge is 0.457 e. The SMILES string of the molecule is Cc1cc(NC(=O)c2c[nH]c(=O)cc2C)ccc1Oc1ccncc1. The van der Waals surface area contributed by atoms with Crippen molar-refractivity contribution in [1.29, 1.82) is 0 Å². The van der Waals surface area contributed by atoms with E-state index in [2.05, 4.69) is 15.3 Å². The Morgan fingerprint density at radius 1 is 1.08 bits per heavy atom. The number of ether oxygens (including phenoxy) is 1. The third kappa shape index (κ3) is 3.92. The molecule has 0 aliphatic rings. The van der Waals surface area contributed by atoms with Gasteiger partial charge in [0.2, 0.25) is 5.56 Å². The first kappa shape index (κ1) is 16.4. The van der Waals surface area contributed by atoms with Crippen molar-refractivity contribution in [1.82, 2.24) is 9.97 Å². The number of aryl methyl sites for hydroxylation is 2. The van der Waals surface area contributed by atoms with Crippen LogP contribution in [-0.2, 0) is 0 Å². The summed E-state index contributed by atoms with van der Waals surface area (Å²) in [4.78, 5) is 30.1. The average Bonchev–Trinajstić information content (AvgIpc) is 2.58. The molecule has 2 aromatic heterocycles. The minimum atomic E-state index is -0.282. The number of carbonyl (C=O) groups excluding carboxylic acids is 1. The van der Waals surface area contributed by atoms with E-state index in [0.717, 1.165) is 5.56 Å². The number of rotatable bonds is 4. The molecule has 6 nitrogen and oxygen atoms in total. The van der Waals surface area contributed by atoms with Gasteiger partial charge in [-0.25, -0.2) is 0 Å². The van der Waals surface area contributed by atoms with Gasteiger partial charge in [0.05, 0.1) is 5.56 Å². The Bertz CT molecular complexity index is 965. The topological polar surface area (TPSA) is 84.1 Å². The molecular formula is C19H17N3O3. The molecule has 2 heterocycles. The molecule has 2 N–H and O–H groups in total. The maximum atomic E-state index is 12.4. The average molecular weight is 335 g/mol. The van der Waals surface area contributed by atoms with Gasteiger partial charge in [0.25, 0.3) is 5.91 Å². The number of nitrogens with zero attached hydrogens (tertiary/aromatic N) is 1. The third-order valence-corrected chi connectivity index (χ3v) is 3.69. The first-order valence-corrected chi connectivity index (χ1v) is 7.72. The second-order valence-electron chi connectivity index (χ2n) is 5.61. The fraction of sp³-hybridized carbons (Fsp3) is 0.105. The van der Waals surface area contributed by atoms with Crippen molar-refractivity contribution in [2.24, 2.45) is 0 Å². The van der Waals surface area contributed by atoms with Crippen LogP contribution in [0.3, 0.4) is 0 Å². The summed E-state index contributed by atoms with van der Waals surface area (Å²) in [6, 6.07) is 10.3. The minimum Gasteiger partial charge on any atom is -0.457 e. The van der Waals surface area contributed by atoms with Crippen LogP contribution in [0.1, 0.15) is 21.5 Å². The lowest BCUT2D eigenvalue weighted by Gasteiger charge is -2.11. The number of hydrogen-bond acceptors (Lipinski definition) is 4. The van der Waals surface area contributed by atoms with E-state index in [0.29, 0.717) is 28.3 Å². The maximum Gasteiger partial charge on any atom is 0.257 e. The number of anilines is 1. The normalized spacial score (nSPS) is 10.3. The van der Waals surface area contributed by atoms with Gasteiger partial charge in [0.1, 0.15) is 11.5 Å². The van der Waals surface area contributed by atoms with Crippen molar-refractivity contribution in [3.63, 3.8) is 0 Å². The second-order valence-corrected chi connectivity index (χ2v) is 5.61. The van der Waals surface area contributed by atoms with Gasteiger partial charge >= 0.3 is 0 Å². The summed E-state index contributed by atoms with van der Waals surface area (Å²) in [6.07, 6.45) is 4.73. The summed E-state index contributed by atoms with van der Waals surface area (Å²) in [5.41, 5.74) is 2.34. The number of hydrogen-bond donors (Lipinski definition) is 2. The van der Waals surface area contributed by atoms with Crippen LogP contribution >= 0.6 is 0 Å². The van der Waals surface area contributed by atoms with E-state index >= 15 is 0 Å². The number of H-pyrrole nitrogens is 1. The molecule has 0 radical (unpaired) electrons. The van der Waals surface area contributed by atoms with Gasteiger partial charge in [-0.1, -0.05) is 0 Å². The van der Waals surface area contributed by atoms with Gasteiger partial charge in [-0.05, 0) is 55.3 Å². The van der Waals surface area contributed by atoms with E-state index in [1.807, 2.05) is 13.0 Å². The number of amides is 1. The molecule has 1 aromatic carbocycles. The molecule has 0 spiro atoms. The predicted molar refractivity (Wildman–Crippen MR) is 95.2 cm³/mol. The lowest BCUT2D eigenvalue weighted by atomic mass is 10.1. The quantitative estimate of drug-likeness (QED) is 0.765. The molecular weight excluding hydrogens is 318 g/mol. The molecule has 3 aromatic rings. The molecule has 0 saturated carbocycles. The smallest absolute Gasteiger partial charge is 0.257 e. The van der Waals surface area contributed by atoms with Crippen LogP contribution in [0, 0.1) is 13.8 Å². The van der Waals surface area contributed by atoms with E-state index in [1.54, 1.807) is 43.6 Å². The van der Waals surface area contributed by atoms with E-state index in [4.69, 9.17) is 4.74 Å². The van der Waals surface area contributed by atoms with Gasteiger partial charge in [-0.2, -0.15) is 0 Å². The standard InChI is InChI=1S/C19H17N3O3/c1-12-10-18(23)21-11-16(12)19(24)22-14-3-4-17(13(2)9-14)25-15-5-7-20-8-6-15/h3-11H,1-2H3,(H,21,23)(H,22,24). The van der Waals surface area contributed by atoms with Crippen LogP contribution < -0.4 is 15.6 Å². The highest BCUT2D eigenvalue weighted by atomic mass is 16.5. The predicted octanol–water partition coefficient (Wildman–Crippen LogP) is 3.43. The Balaban J connectivity index is 1.76. The molecule has 0 aliphatic heterocycles. The molecule has 0 aliphatic carbocycles. The highest BCUT2D eigenvalue weighted by molar-refractivity contribution is 6.05. The molecule has 3 rings (SSSR count). The van der Waals surface area contributed by atoms with Crippen LogP contribution in [0.5, 0.6) is 11.5 Å². The van der Waals surface area contributed by atoms with Crippen molar-refractivity contribution in [3.8, 4) is 11.5 Å². The van der Waals surface area contributed by atoms with E-state index in [9.17, 15) is 9.59 Å². The highest BCUT2D eigenvalue weighted by Crippen LogP contribution is 2.27. The zero-order chi connectivity index (χ0) is 17.8. The summed E-state index contributed by atoms with van der Waals surface area (Å²) >= 11 is 0. The Kier molecular flexibility index (Phi) is 4.61. The number of aromatic amines is 1. The van der Waals surface area contributed by atoms with Crippen LogP contribution in [0.25, 0.3) is 0 Å². The number of nitrogens with one attached hydrogen (secondary N) is 2. The Morgan fingerprint density at radius 3 is 2.52 bits per heavy atom. The Morgan fingerprint density at radius 2 is 1.84 bits per heavy atom. The first-order chi connectivity index (χ1) is 12.0. The maximum absolute atomic E-state index is 12.4. The minimum absolute atomic E-state index is 0.234. The molecule has 0 unspecified atom stereocenters. The Labute approximate surface area is 144 Å². The third-order valence-electron chi connectivity index (χ3n) is 3.69. The highest BCUT2D eigenvalue weighted by Gasteiger charge is 2.11. The zero-order valence-corrected chi connectivity index (χ0v) is 13.9. The van der Waals surface area contributed by atoms with Gasteiger partial charge < -0.3 is 15.0 Å². The molecule has 0 atom stereocenters. The molecule has 6 heteroatoms. The molecule has 1 amide bonds. The van der Waals surface area contributed by atoms with Gasteiger partial charge in [0.15, 0.2) is 0 Å². The van der Waals surface area contributed by atoms with Crippen LogP contribution in [0.4, 0.5) is 5.69 Å². The van der Waals surface area contributed by atoms with Crippen LogP contribution in [0.2, 0.25) is 0 Å². The summed E-state index contributed by atoms with van der Waals surface area (Å²) in [5.74, 6) is 1.11. The molecule has 0 saturated heterocycles.